The normalized spacial score (nSPS) is 10.4. The van der Waals surface area contributed by atoms with Crippen molar-refractivity contribution in [3.8, 4) is 5.75 Å². The highest BCUT2D eigenvalue weighted by atomic mass is 16.5. The third-order valence-electron chi connectivity index (χ3n) is 7.63. The van der Waals surface area contributed by atoms with Crippen molar-refractivity contribution in [3.05, 3.63) is 114 Å². The van der Waals surface area contributed by atoms with Crippen LogP contribution in [0.1, 0.15) is 11.1 Å². The molecule has 0 atom stereocenters. The summed E-state index contributed by atoms with van der Waals surface area (Å²) in [6.45, 7) is 0.704. The standard InChI is InChI=1S/C37H39N5O7/c1-26-13-8-9-18-30(26)41(3)35(45)25-49-32-20-11-10-19-31(32)42(24-34(44)40(2)29-16-6-5-7-17-29)33(43)23-38-37(47)39-28-15-12-14-27(21-28)22-36(46)48-4/h5-21H,22-25H2,1-4H3,(H2,38,39,47). The lowest BCUT2D eigenvalue weighted by molar-refractivity contribution is -0.139. The van der Waals surface area contributed by atoms with Gasteiger partial charge in [0.1, 0.15) is 12.3 Å². The number of ether oxygens (including phenoxy) is 2. The van der Waals surface area contributed by atoms with Gasteiger partial charge in [-0.25, -0.2) is 4.79 Å². The summed E-state index contributed by atoms with van der Waals surface area (Å²) in [5.74, 6) is -1.56. The zero-order chi connectivity index (χ0) is 35.3. The molecule has 0 heterocycles. The number of nitrogens with one attached hydrogen (secondary N) is 2. The number of carbonyl (C=O) groups excluding carboxylic acids is 5. The molecule has 0 spiro atoms. The Hall–Kier alpha value is -6.17. The molecule has 0 saturated heterocycles. The number of hydrogen-bond donors (Lipinski definition) is 2. The minimum absolute atomic E-state index is 0.0296. The lowest BCUT2D eigenvalue weighted by Crippen LogP contribution is -2.46. The van der Waals surface area contributed by atoms with E-state index < -0.39 is 30.4 Å². The topological polar surface area (TPSA) is 138 Å². The zero-order valence-corrected chi connectivity index (χ0v) is 27.8. The van der Waals surface area contributed by atoms with Crippen molar-refractivity contribution in [2.24, 2.45) is 0 Å². The smallest absolute Gasteiger partial charge is 0.319 e. The number of urea groups is 1. The van der Waals surface area contributed by atoms with Crippen LogP contribution in [0.4, 0.5) is 27.5 Å². The summed E-state index contributed by atoms with van der Waals surface area (Å²) in [5.41, 5.74) is 3.56. The van der Waals surface area contributed by atoms with E-state index in [1.807, 2.05) is 37.3 Å². The molecule has 4 aromatic rings. The fraction of sp³-hybridized carbons (Fsp3) is 0.216. The number of carbonyl (C=O) groups is 5. The van der Waals surface area contributed by atoms with Gasteiger partial charge in [-0.1, -0.05) is 60.7 Å². The number of esters is 1. The molecule has 0 bridgehead atoms. The highest BCUT2D eigenvalue weighted by Crippen LogP contribution is 2.29. The van der Waals surface area contributed by atoms with Gasteiger partial charge in [-0.3, -0.25) is 24.1 Å². The van der Waals surface area contributed by atoms with Crippen LogP contribution in [0.2, 0.25) is 0 Å². The maximum Gasteiger partial charge on any atom is 0.319 e. The number of likely N-dealkylation sites (N-methyl/N-ethyl adjacent to an activating group) is 2. The zero-order valence-electron chi connectivity index (χ0n) is 27.8. The Balaban J connectivity index is 1.51. The van der Waals surface area contributed by atoms with Gasteiger partial charge in [0.05, 0.1) is 25.8 Å². The predicted molar refractivity (Wildman–Crippen MR) is 188 cm³/mol. The quantitative estimate of drug-likeness (QED) is 0.200. The summed E-state index contributed by atoms with van der Waals surface area (Å²) in [6, 6.07) is 29.0. The van der Waals surface area contributed by atoms with Crippen molar-refractivity contribution in [2.45, 2.75) is 13.3 Å². The van der Waals surface area contributed by atoms with Crippen LogP contribution in [-0.4, -0.2) is 70.6 Å². The van der Waals surface area contributed by atoms with E-state index in [2.05, 4.69) is 10.6 Å². The first-order chi connectivity index (χ1) is 23.6. The van der Waals surface area contributed by atoms with Crippen LogP contribution in [0.3, 0.4) is 0 Å². The van der Waals surface area contributed by atoms with Crippen molar-refractivity contribution in [2.75, 3.05) is 60.9 Å². The molecule has 12 nitrogen and oxygen atoms in total. The molecule has 0 aliphatic carbocycles. The van der Waals surface area contributed by atoms with Gasteiger partial charge in [-0.05, 0) is 60.5 Å². The second-order valence-corrected chi connectivity index (χ2v) is 11.0. The summed E-state index contributed by atoms with van der Waals surface area (Å²) in [6.07, 6.45) is 0.0296. The van der Waals surface area contributed by atoms with E-state index in [0.29, 0.717) is 16.9 Å². The molecule has 0 aliphatic rings. The predicted octanol–water partition coefficient (Wildman–Crippen LogP) is 4.57. The van der Waals surface area contributed by atoms with Gasteiger partial charge in [0.15, 0.2) is 6.61 Å². The summed E-state index contributed by atoms with van der Waals surface area (Å²) in [5, 5.41) is 5.18. The van der Waals surface area contributed by atoms with Gasteiger partial charge in [0.25, 0.3) is 5.91 Å². The number of aryl methyl sites for hydroxylation is 1. The van der Waals surface area contributed by atoms with E-state index >= 15 is 0 Å². The number of anilines is 4. The molecule has 2 N–H and O–H groups in total. The van der Waals surface area contributed by atoms with Gasteiger partial charge < -0.3 is 29.9 Å². The van der Waals surface area contributed by atoms with Gasteiger partial charge in [-0.2, -0.15) is 0 Å². The lowest BCUT2D eigenvalue weighted by Gasteiger charge is -2.27. The Labute approximate surface area is 285 Å². The molecule has 12 heteroatoms. The highest BCUT2D eigenvalue weighted by molar-refractivity contribution is 6.06. The fourth-order valence-electron chi connectivity index (χ4n) is 4.88. The van der Waals surface area contributed by atoms with E-state index in [1.54, 1.807) is 86.9 Å². The van der Waals surface area contributed by atoms with Crippen molar-refractivity contribution in [3.63, 3.8) is 0 Å². The number of hydrogen-bond acceptors (Lipinski definition) is 7. The van der Waals surface area contributed by atoms with Crippen molar-refractivity contribution in [1.82, 2.24) is 5.32 Å². The first-order valence-electron chi connectivity index (χ1n) is 15.4. The maximum atomic E-state index is 13.8. The summed E-state index contributed by atoms with van der Waals surface area (Å²) >= 11 is 0. The number of methoxy groups -OCH3 is 1. The molecule has 254 valence electrons. The molecule has 49 heavy (non-hydrogen) atoms. The summed E-state index contributed by atoms with van der Waals surface area (Å²) < 4.78 is 10.6. The summed E-state index contributed by atoms with van der Waals surface area (Å²) in [7, 11) is 4.55. The van der Waals surface area contributed by atoms with E-state index in [0.717, 1.165) is 11.3 Å². The van der Waals surface area contributed by atoms with Gasteiger partial charge in [0.2, 0.25) is 11.8 Å². The molecule has 4 rings (SSSR count). The summed E-state index contributed by atoms with van der Waals surface area (Å²) in [4.78, 5) is 68.9. The number of nitrogens with zero attached hydrogens (tertiary/aromatic N) is 3. The first kappa shape index (κ1) is 35.7. The van der Waals surface area contributed by atoms with Crippen molar-refractivity contribution in [1.29, 1.82) is 0 Å². The van der Waals surface area contributed by atoms with Crippen molar-refractivity contribution < 1.29 is 33.4 Å². The third kappa shape index (κ3) is 9.91. The SMILES string of the molecule is COC(=O)Cc1cccc(NC(=O)NCC(=O)N(CC(=O)N(C)c2ccccc2)c2ccccc2OCC(=O)N(C)c2ccccc2C)c1. The van der Waals surface area contributed by atoms with Crippen molar-refractivity contribution >= 4 is 52.5 Å². The maximum absolute atomic E-state index is 13.8. The second-order valence-electron chi connectivity index (χ2n) is 11.0. The highest BCUT2D eigenvalue weighted by Gasteiger charge is 2.25. The van der Waals surface area contributed by atoms with Crippen LogP contribution in [0.25, 0.3) is 0 Å². The number of para-hydroxylation sites is 4. The first-order valence-corrected chi connectivity index (χ1v) is 15.4. The molecule has 0 fully saturated rings. The lowest BCUT2D eigenvalue weighted by atomic mass is 10.1. The molecule has 0 saturated carbocycles. The Morgan fingerprint density at radius 1 is 0.714 bits per heavy atom. The second kappa shape index (κ2) is 17.1. The Morgan fingerprint density at radius 2 is 1.39 bits per heavy atom. The number of benzene rings is 4. The van der Waals surface area contributed by atoms with E-state index in [1.165, 1.54) is 21.8 Å². The fourth-order valence-corrected chi connectivity index (χ4v) is 4.88. The van der Waals surface area contributed by atoms with E-state index in [-0.39, 0.29) is 36.9 Å². The van der Waals surface area contributed by atoms with Crippen LogP contribution < -0.4 is 30.1 Å². The van der Waals surface area contributed by atoms with E-state index in [9.17, 15) is 24.0 Å². The van der Waals surface area contributed by atoms with Crippen LogP contribution >= 0.6 is 0 Å². The Bertz CT molecular complexity index is 1800. The van der Waals surface area contributed by atoms with Gasteiger partial charge in [0, 0.05) is 31.2 Å². The Kier molecular flexibility index (Phi) is 12.5. The Morgan fingerprint density at radius 3 is 2.10 bits per heavy atom. The van der Waals surface area contributed by atoms with Crippen LogP contribution in [0, 0.1) is 6.92 Å². The van der Waals surface area contributed by atoms with Crippen LogP contribution in [0.5, 0.6) is 5.75 Å². The van der Waals surface area contributed by atoms with Crippen LogP contribution in [-0.2, 0) is 30.3 Å². The molecule has 5 amide bonds. The third-order valence-corrected chi connectivity index (χ3v) is 7.63. The van der Waals surface area contributed by atoms with Gasteiger partial charge >= 0.3 is 12.0 Å². The largest absolute Gasteiger partial charge is 0.482 e. The van der Waals surface area contributed by atoms with E-state index in [4.69, 9.17) is 9.47 Å². The monoisotopic (exact) mass is 665 g/mol. The number of rotatable bonds is 13. The van der Waals surface area contributed by atoms with Gasteiger partial charge in [-0.15, -0.1) is 0 Å². The molecule has 0 aliphatic heterocycles. The number of amides is 5. The molecule has 0 unspecified atom stereocenters. The average molecular weight is 666 g/mol. The molecular weight excluding hydrogens is 626 g/mol. The van der Waals surface area contributed by atoms with Crippen LogP contribution in [0.15, 0.2) is 103 Å². The molecule has 0 radical (unpaired) electrons. The molecular formula is C37H39N5O7. The minimum Gasteiger partial charge on any atom is -0.482 e. The average Bonchev–Trinajstić information content (AvgIpc) is 3.12. The minimum atomic E-state index is -0.675. The molecule has 4 aromatic carbocycles. The molecule has 0 aromatic heterocycles.